The van der Waals surface area contributed by atoms with E-state index in [9.17, 15) is 0 Å². The van der Waals surface area contributed by atoms with Gasteiger partial charge in [0.15, 0.2) is 11.8 Å². The Kier molecular flexibility index (Phi) is 11.6. The Balaban J connectivity index is 1.64. The number of rotatable bonds is 4. The second-order valence-corrected chi connectivity index (χ2v) is 15.6. The van der Waals surface area contributed by atoms with Crippen LogP contribution in [-0.2, 0) is 0 Å². The van der Waals surface area contributed by atoms with Crippen molar-refractivity contribution in [3.8, 4) is 0 Å². The van der Waals surface area contributed by atoms with Crippen LogP contribution >= 0.6 is 11.6 Å². The Labute approximate surface area is 243 Å². The molecule has 1 heterocycles. The van der Waals surface area contributed by atoms with E-state index in [1.165, 1.54) is 122 Å². The zero-order valence-corrected chi connectivity index (χ0v) is 27.2. The van der Waals surface area contributed by atoms with Crippen LogP contribution in [0.15, 0.2) is 0 Å². The Morgan fingerprint density at radius 3 is 1.74 bits per heavy atom. The van der Waals surface area contributed by atoms with Gasteiger partial charge in [0.2, 0.25) is 5.50 Å². The van der Waals surface area contributed by atoms with E-state index < -0.39 is 0 Å². The van der Waals surface area contributed by atoms with E-state index in [0.29, 0.717) is 17.4 Å². The molecule has 3 aliphatic carbocycles. The van der Waals surface area contributed by atoms with Crippen LogP contribution in [-0.4, -0.2) is 21.8 Å². The number of nitrogens with zero attached hydrogens (tertiary/aromatic N) is 1. The number of hydrogen-bond donors (Lipinski definition) is 0. The summed E-state index contributed by atoms with van der Waals surface area (Å²) in [7, 11) is 0. The van der Waals surface area contributed by atoms with Gasteiger partial charge in [-0.2, -0.15) is 0 Å². The lowest BCUT2D eigenvalue weighted by atomic mass is 9.68. The molecule has 0 aromatic carbocycles. The molecular formula is C36H65ClN+. The lowest BCUT2D eigenvalue weighted by Crippen LogP contribution is -2.41. The molecule has 3 saturated carbocycles. The average molecular weight is 547 g/mol. The van der Waals surface area contributed by atoms with Gasteiger partial charge in [0.1, 0.15) is 0 Å². The molecule has 220 valence electrons. The molecule has 0 aromatic rings. The highest BCUT2D eigenvalue weighted by atomic mass is 35.5. The Bertz CT molecular complexity index is 732. The van der Waals surface area contributed by atoms with Crippen LogP contribution in [0.5, 0.6) is 0 Å². The first-order chi connectivity index (χ1) is 18.3. The molecule has 2 heteroatoms. The zero-order valence-electron chi connectivity index (χ0n) is 26.5. The molecule has 4 rings (SSSR count). The van der Waals surface area contributed by atoms with Crippen LogP contribution in [0.4, 0.5) is 0 Å². The molecule has 0 N–H and O–H groups in total. The minimum atomic E-state index is 0.198. The van der Waals surface area contributed by atoms with Crippen LogP contribution in [0, 0.1) is 46.8 Å². The van der Waals surface area contributed by atoms with E-state index >= 15 is 0 Å². The molecule has 0 radical (unpaired) electrons. The quantitative estimate of drug-likeness (QED) is 0.187. The number of fused-ring (bicyclic) bond motifs is 2. The van der Waals surface area contributed by atoms with Gasteiger partial charge >= 0.3 is 0 Å². The molecule has 38 heavy (non-hydrogen) atoms. The van der Waals surface area contributed by atoms with Gasteiger partial charge in [0, 0.05) is 31.6 Å². The van der Waals surface area contributed by atoms with Crippen molar-refractivity contribution < 1.29 is 4.58 Å². The summed E-state index contributed by atoms with van der Waals surface area (Å²) in [6.07, 6.45) is 26.9. The van der Waals surface area contributed by atoms with Crippen molar-refractivity contribution in [3.05, 3.63) is 0 Å². The summed E-state index contributed by atoms with van der Waals surface area (Å²) in [6.45, 7) is 15.4. The molecule has 1 nitrogen and oxygen atoms in total. The monoisotopic (exact) mass is 546 g/mol. The summed E-state index contributed by atoms with van der Waals surface area (Å²) in [5, 5.41) is 0. The number of halogens is 1. The lowest BCUT2D eigenvalue weighted by molar-refractivity contribution is -0.593. The smallest absolute Gasteiger partial charge is 0.217 e. The first kappa shape index (κ1) is 30.9. The van der Waals surface area contributed by atoms with Crippen molar-refractivity contribution in [2.75, 3.05) is 0 Å². The fourth-order valence-electron chi connectivity index (χ4n) is 9.92. The largest absolute Gasteiger partial charge is 0.230 e. The Morgan fingerprint density at radius 1 is 0.711 bits per heavy atom. The first-order valence-corrected chi connectivity index (χ1v) is 17.9. The molecule has 0 saturated heterocycles. The molecule has 8 unspecified atom stereocenters. The van der Waals surface area contributed by atoms with E-state index in [2.05, 4.69) is 46.1 Å². The Morgan fingerprint density at radius 2 is 1.18 bits per heavy atom. The van der Waals surface area contributed by atoms with Crippen molar-refractivity contribution in [1.29, 1.82) is 0 Å². The average Bonchev–Trinajstić information content (AvgIpc) is 3.05. The molecule has 4 aliphatic rings. The second kappa shape index (κ2) is 14.2. The van der Waals surface area contributed by atoms with Gasteiger partial charge in [-0.1, -0.05) is 98.8 Å². The van der Waals surface area contributed by atoms with E-state index in [0.717, 1.165) is 35.5 Å². The molecule has 1 aliphatic heterocycles. The van der Waals surface area contributed by atoms with E-state index in [-0.39, 0.29) is 5.50 Å². The minimum Gasteiger partial charge on any atom is -0.217 e. The molecule has 0 aromatic heterocycles. The van der Waals surface area contributed by atoms with Crippen molar-refractivity contribution >= 4 is 17.3 Å². The summed E-state index contributed by atoms with van der Waals surface area (Å²) >= 11 is 7.87. The van der Waals surface area contributed by atoms with Crippen LogP contribution in [0.1, 0.15) is 164 Å². The van der Waals surface area contributed by atoms with E-state index in [4.69, 9.17) is 11.6 Å². The number of alkyl halides is 1. The number of hydrogen-bond acceptors (Lipinski definition) is 0. The van der Waals surface area contributed by atoms with Crippen LogP contribution in [0.2, 0.25) is 0 Å². The molecule has 0 amide bonds. The molecule has 2 bridgehead atoms. The Hall–Kier alpha value is -0.0400. The third-order valence-electron chi connectivity index (χ3n) is 13.4. The van der Waals surface area contributed by atoms with E-state index in [1.54, 1.807) is 5.71 Å². The summed E-state index contributed by atoms with van der Waals surface area (Å²) < 4.78 is 2.89. The van der Waals surface area contributed by atoms with Gasteiger partial charge in [-0.25, -0.2) is 4.58 Å². The van der Waals surface area contributed by atoms with E-state index in [1.807, 2.05) is 0 Å². The summed E-state index contributed by atoms with van der Waals surface area (Å²) in [4.78, 5) is 0. The van der Waals surface area contributed by atoms with Crippen molar-refractivity contribution in [3.63, 3.8) is 0 Å². The van der Waals surface area contributed by atoms with Crippen molar-refractivity contribution in [2.45, 2.75) is 175 Å². The van der Waals surface area contributed by atoms with Crippen LogP contribution in [0.3, 0.4) is 0 Å². The first-order valence-electron chi connectivity index (χ1n) is 17.5. The van der Waals surface area contributed by atoms with Crippen LogP contribution < -0.4 is 0 Å². The fraction of sp³-hybridized carbons (Fsp3) is 0.972. The highest BCUT2D eigenvalue weighted by Crippen LogP contribution is 2.57. The molecular weight excluding hydrogens is 482 g/mol. The van der Waals surface area contributed by atoms with Gasteiger partial charge < -0.3 is 0 Å². The molecule has 0 spiro atoms. The van der Waals surface area contributed by atoms with Crippen molar-refractivity contribution in [2.24, 2.45) is 46.8 Å². The zero-order chi connectivity index (χ0) is 27.3. The minimum absolute atomic E-state index is 0.198. The van der Waals surface area contributed by atoms with Gasteiger partial charge in [0.05, 0.1) is 0 Å². The SMILES string of the molecule is CC1=[N+](C2CCCCCCCC2)C(Cl)C(CCC2(C)C(C)C(C)C(C)C2C)C2CCCCCCCCC1C2. The lowest BCUT2D eigenvalue weighted by Gasteiger charge is -2.38. The van der Waals surface area contributed by atoms with Crippen LogP contribution in [0.25, 0.3) is 0 Å². The van der Waals surface area contributed by atoms with Gasteiger partial charge in [-0.15, -0.1) is 0 Å². The molecule has 3 fully saturated rings. The maximum absolute atomic E-state index is 7.87. The maximum Gasteiger partial charge on any atom is 0.230 e. The highest BCUT2D eigenvalue weighted by molar-refractivity contribution is 6.20. The third kappa shape index (κ3) is 6.87. The predicted octanol–water partition coefficient (Wildman–Crippen LogP) is 11.3. The fourth-order valence-corrected chi connectivity index (χ4v) is 10.6. The topological polar surface area (TPSA) is 3.01 Å². The summed E-state index contributed by atoms with van der Waals surface area (Å²) in [6, 6.07) is 0.673. The van der Waals surface area contributed by atoms with Gasteiger partial charge in [-0.05, 0) is 91.6 Å². The molecule has 8 atom stereocenters. The second-order valence-electron chi connectivity index (χ2n) is 15.2. The predicted molar refractivity (Wildman–Crippen MR) is 167 cm³/mol. The van der Waals surface area contributed by atoms with Gasteiger partial charge in [0.25, 0.3) is 0 Å². The third-order valence-corrected chi connectivity index (χ3v) is 13.9. The van der Waals surface area contributed by atoms with Crippen molar-refractivity contribution in [1.82, 2.24) is 0 Å². The summed E-state index contributed by atoms with van der Waals surface area (Å²) in [5.74, 6) is 5.51. The van der Waals surface area contributed by atoms with Gasteiger partial charge in [-0.3, -0.25) is 0 Å². The standard InChI is InChI=1S/C36H65ClN/c1-26-27(2)29(4)36(6,28(26)3)24-23-34-32-20-16-12-8-7-11-15-19-31(25-32)30(5)38(35(34)37)33-21-17-13-9-10-14-18-22-33/h26-29,31-35H,7-25H2,1-6H3/q+1. The normalized spacial score (nSPS) is 43.0. The maximum atomic E-state index is 7.87. The summed E-state index contributed by atoms with van der Waals surface area (Å²) in [5.41, 5.74) is 2.34. The highest BCUT2D eigenvalue weighted by Gasteiger charge is 2.51.